The number of benzene rings is 3. The molecule has 5 aromatic rings. The van der Waals surface area contributed by atoms with Crippen molar-refractivity contribution in [2.45, 2.75) is 16.1 Å². The minimum atomic E-state index is -1.01. The predicted octanol–water partition coefficient (Wildman–Crippen LogP) is 6.14. The van der Waals surface area contributed by atoms with Crippen LogP contribution in [-0.4, -0.2) is 32.0 Å². The van der Waals surface area contributed by atoms with Crippen LogP contribution in [0.2, 0.25) is 0 Å². The SMILES string of the molecule is O=C1C(=O)N(c2nnc(SCc3cccc4ccccc34)s2)C(c2ccc(F)cc2)C1=C(O)c1ccncc1. The number of thioether (sulfide) groups is 1. The van der Waals surface area contributed by atoms with Gasteiger partial charge in [-0.05, 0) is 46.2 Å². The molecule has 3 aromatic carbocycles. The quantitative estimate of drug-likeness (QED) is 0.0885. The second kappa shape index (κ2) is 10.4. The number of fused-ring (bicyclic) bond motifs is 1. The maximum atomic E-state index is 13.8. The second-order valence-corrected chi connectivity index (χ2v) is 10.9. The standard InChI is InChI=1S/C29H19FN4O3S2/c30-21-10-8-18(9-11-21)24-23(25(35)19-12-14-31-15-13-19)26(36)27(37)34(24)28-32-33-29(39-28)38-16-20-6-3-5-17-4-1-2-7-22(17)20/h1-15,24,35H,16H2. The van der Waals surface area contributed by atoms with Gasteiger partial charge in [-0.15, -0.1) is 10.2 Å². The number of amides is 1. The Hall–Kier alpha value is -4.41. The van der Waals surface area contributed by atoms with Gasteiger partial charge in [0.2, 0.25) is 5.13 Å². The molecule has 0 bridgehead atoms. The van der Waals surface area contributed by atoms with E-state index in [1.165, 1.54) is 76.8 Å². The summed E-state index contributed by atoms with van der Waals surface area (Å²) in [6.45, 7) is 0. The lowest BCUT2D eigenvalue weighted by Gasteiger charge is -2.22. The first-order valence-corrected chi connectivity index (χ1v) is 13.7. The maximum Gasteiger partial charge on any atom is 0.301 e. The fraction of sp³-hybridized carbons (Fsp3) is 0.0690. The summed E-state index contributed by atoms with van der Waals surface area (Å²) in [7, 11) is 0. The van der Waals surface area contributed by atoms with Gasteiger partial charge in [0, 0.05) is 23.7 Å². The number of halogens is 1. The van der Waals surface area contributed by atoms with Crippen molar-refractivity contribution in [2.75, 3.05) is 4.90 Å². The fourth-order valence-electron chi connectivity index (χ4n) is 4.57. The molecule has 192 valence electrons. The highest BCUT2D eigenvalue weighted by Crippen LogP contribution is 2.44. The third-order valence-electron chi connectivity index (χ3n) is 6.42. The number of Topliss-reactive ketones (excluding diaryl/α,β-unsaturated/α-hetero) is 1. The molecule has 1 aliphatic rings. The number of rotatable bonds is 6. The first kappa shape index (κ1) is 24.9. The zero-order valence-electron chi connectivity index (χ0n) is 20.2. The molecule has 2 aromatic heterocycles. The van der Waals surface area contributed by atoms with Crippen LogP contribution in [0.1, 0.15) is 22.7 Å². The van der Waals surface area contributed by atoms with Crippen LogP contribution in [0.3, 0.4) is 0 Å². The van der Waals surface area contributed by atoms with Gasteiger partial charge < -0.3 is 5.11 Å². The first-order valence-electron chi connectivity index (χ1n) is 11.9. The van der Waals surface area contributed by atoms with Crippen LogP contribution >= 0.6 is 23.1 Å². The number of hydrogen-bond donors (Lipinski definition) is 1. The third kappa shape index (κ3) is 4.68. The van der Waals surface area contributed by atoms with E-state index in [-0.39, 0.29) is 16.5 Å². The van der Waals surface area contributed by atoms with Gasteiger partial charge in [-0.25, -0.2) is 4.39 Å². The summed E-state index contributed by atoms with van der Waals surface area (Å²) in [5, 5.41) is 22.1. The third-order valence-corrected chi connectivity index (χ3v) is 8.52. The largest absolute Gasteiger partial charge is 0.507 e. The fourth-order valence-corrected chi connectivity index (χ4v) is 6.44. The highest BCUT2D eigenvalue weighted by atomic mass is 32.2. The number of aliphatic hydroxyl groups excluding tert-OH is 1. The molecular weight excluding hydrogens is 535 g/mol. The van der Waals surface area contributed by atoms with Crippen LogP contribution in [0.25, 0.3) is 16.5 Å². The molecule has 1 N–H and O–H groups in total. The number of pyridine rings is 1. The van der Waals surface area contributed by atoms with Crippen molar-refractivity contribution in [3.63, 3.8) is 0 Å². The van der Waals surface area contributed by atoms with E-state index in [4.69, 9.17) is 0 Å². The number of ketones is 1. The molecule has 0 saturated carbocycles. The van der Waals surface area contributed by atoms with E-state index in [1.807, 2.05) is 18.2 Å². The first-order chi connectivity index (χ1) is 19.0. The van der Waals surface area contributed by atoms with Crippen LogP contribution in [-0.2, 0) is 15.3 Å². The van der Waals surface area contributed by atoms with Crippen molar-refractivity contribution in [3.8, 4) is 0 Å². The van der Waals surface area contributed by atoms with Crippen molar-refractivity contribution in [3.05, 3.63) is 119 Å². The number of aliphatic hydroxyl groups is 1. The molecule has 1 unspecified atom stereocenters. The van der Waals surface area contributed by atoms with Crippen LogP contribution in [0.4, 0.5) is 9.52 Å². The number of nitrogens with zero attached hydrogens (tertiary/aromatic N) is 4. The second-order valence-electron chi connectivity index (χ2n) is 8.73. The molecule has 10 heteroatoms. The highest BCUT2D eigenvalue weighted by Gasteiger charge is 2.48. The lowest BCUT2D eigenvalue weighted by atomic mass is 9.95. The van der Waals surface area contributed by atoms with Crippen LogP contribution in [0, 0.1) is 5.82 Å². The van der Waals surface area contributed by atoms with Crippen molar-refractivity contribution in [1.82, 2.24) is 15.2 Å². The van der Waals surface area contributed by atoms with Gasteiger partial charge >= 0.3 is 5.91 Å². The molecule has 1 aliphatic heterocycles. The van der Waals surface area contributed by atoms with Gasteiger partial charge in [-0.2, -0.15) is 0 Å². The predicted molar refractivity (Wildman–Crippen MR) is 149 cm³/mol. The smallest absolute Gasteiger partial charge is 0.301 e. The van der Waals surface area contributed by atoms with E-state index in [1.54, 1.807) is 0 Å². The normalized spacial score (nSPS) is 16.7. The Labute approximate surface area is 230 Å². The van der Waals surface area contributed by atoms with Crippen LogP contribution in [0.5, 0.6) is 0 Å². The van der Waals surface area contributed by atoms with E-state index in [0.717, 1.165) is 16.3 Å². The Morgan fingerprint density at radius 2 is 1.69 bits per heavy atom. The number of carbonyl (C=O) groups is 2. The molecule has 1 atom stereocenters. The number of aromatic nitrogens is 3. The molecule has 7 nitrogen and oxygen atoms in total. The Morgan fingerprint density at radius 3 is 2.49 bits per heavy atom. The van der Waals surface area contributed by atoms with Gasteiger partial charge in [-0.3, -0.25) is 19.5 Å². The molecule has 0 aliphatic carbocycles. The van der Waals surface area contributed by atoms with E-state index >= 15 is 0 Å². The molecule has 0 spiro atoms. The molecule has 1 amide bonds. The average Bonchev–Trinajstić information content (AvgIpc) is 3.54. The van der Waals surface area contributed by atoms with E-state index < -0.39 is 23.5 Å². The summed E-state index contributed by atoms with van der Waals surface area (Å²) < 4.78 is 14.4. The van der Waals surface area contributed by atoms with Gasteiger partial charge in [0.25, 0.3) is 5.78 Å². The molecule has 39 heavy (non-hydrogen) atoms. The topological polar surface area (TPSA) is 96.3 Å². The van der Waals surface area contributed by atoms with E-state index in [9.17, 15) is 19.1 Å². The Bertz CT molecular complexity index is 1730. The number of hydrogen-bond acceptors (Lipinski definition) is 8. The number of anilines is 1. The molecule has 1 saturated heterocycles. The average molecular weight is 555 g/mol. The molecule has 6 rings (SSSR count). The summed E-state index contributed by atoms with van der Waals surface area (Å²) in [4.78, 5) is 31.7. The summed E-state index contributed by atoms with van der Waals surface area (Å²) in [6.07, 6.45) is 2.95. The van der Waals surface area contributed by atoms with Crippen molar-refractivity contribution in [1.29, 1.82) is 0 Å². The zero-order chi connectivity index (χ0) is 26.9. The zero-order valence-corrected chi connectivity index (χ0v) is 21.8. The Morgan fingerprint density at radius 1 is 0.949 bits per heavy atom. The minimum absolute atomic E-state index is 0.113. The molecular formula is C29H19FN4O3S2. The van der Waals surface area contributed by atoms with Gasteiger partial charge in [0.05, 0.1) is 11.6 Å². The van der Waals surface area contributed by atoms with E-state index in [0.29, 0.717) is 21.2 Å². The Balaban J connectivity index is 1.36. The van der Waals surface area contributed by atoms with Crippen molar-refractivity contribution >= 4 is 56.5 Å². The highest BCUT2D eigenvalue weighted by molar-refractivity contribution is 8.00. The summed E-state index contributed by atoms with van der Waals surface area (Å²) in [6, 6.07) is 21.8. The number of carbonyl (C=O) groups excluding carboxylic acids is 2. The lowest BCUT2D eigenvalue weighted by molar-refractivity contribution is -0.132. The minimum Gasteiger partial charge on any atom is -0.507 e. The Kier molecular flexibility index (Phi) is 6.64. The van der Waals surface area contributed by atoms with Crippen LogP contribution in [0.15, 0.2) is 101 Å². The molecule has 1 fully saturated rings. The van der Waals surface area contributed by atoms with Gasteiger partial charge in [-0.1, -0.05) is 77.7 Å². The maximum absolute atomic E-state index is 13.8. The summed E-state index contributed by atoms with van der Waals surface area (Å²) >= 11 is 2.65. The summed E-state index contributed by atoms with van der Waals surface area (Å²) in [5.74, 6) is -1.88. The van der Waals surface area contributed by atoms with Crippen LogP contribution < -0.4 is 4.90 Å². The molecule has 0 radical (unpaired) electrons. The van der Waals surface area contributed by atoms with Gasteiger partial charge in [0.1, 0.15) is 11.6 Å². The van der Waals surface area contributed by atoms with Crippen molar-refractivity contribution < 1.29 is 19.1 Å². The van der Waals surface area contributed by atoms with E-state index in [2.05, 4.69) is 39.4 Å². The lowest BCUT2D eigenvalue weighted by Crippen LogP contribution is -2.29. The monoisotopic (exact) mass is 554 g/mol. The summed E-state index contributed by atoms with van der Waals surface area (Å²) in [5.41, 5.74) is 1.81. The van der Waals surface area contributed by atoms with Crippen molar-refractivity contribution in [2.24, 2.45) is 0 Å². The molecule has 3 heterocycles. The van der Waals surface area contributed by atoms with Gasteiger partial charge in [0.15, 0.2) is 4.34 Å².